The number of aromatic nitrogens is 3. The minimum Gasteiger partial charge on any atom is -0.454 e. The summed E-state index contributed by atoms with van der Waals surface area (Å²) in [4.78, 5) is 14.8. The van der Waals surface area contributed by atoms with E-state index in [1.165, 1.54) is 20.2 Å². The maximum atomic E-state index is 6.40. The number of nitrogens with zero attached hydrogens (tertiary/aromatic N) is 3. The van der Waals surface area contributed by atoms with Gasteiger partial charge in [0.05, 0.1) is 5.02 Å². The number of benzene rings is 5. The zero-order valence-electron chi connectivity index (χ0n) is 20.4. The largest absolute Gasteiger partial charge is 0.454 e. The molecule has 0 amide bonds. The summed E-state index contributed by atoms with van der Waals surface area (Å²) < 4.78 is 8.63. The van der Waals surface area contributed by atoms with Crippen molar-refractivity contribution in [2.24, 2.45) is 0 Å². The third-order valence-corrected chi connectivity index (χ3v) is 8.44. The molecule has 3 aromatic heterocycles. The molecule has 0 atom stereocenters. The number of halogens is 1. The average Bonchev–Trinajstić information content (AvgIpc) is 3.56. The lowest BCUT2D eigenvalue weighted by Crippen LogP contribution is -2.00. The van der Waals surface area contributed by atoms with Crippen molar-refractivity contribution in [3.05, 3.63) is 114 Å². The van der Waals surface area contributed by atoms with E-state index in [0.717, 1.165) is 33.0 Å². The van der Waals surface area contributed by atoms with Gasteiger partial charge >= 0.3 is 0 Å². The quantitative estimate of drug-likeness (QED) is 0.224. The van der Waals surface area contributed by atoms with Crippen LogP contribution in [0.1, 0.15) is 0 Å². The van der Waals surface area contributed by atoms with Crippen molar-refractivity contribution in [2.75, 3.05) is 0 Å². The van der Waals surface area contributed by atoms with E-state index in [9.17, 15) is 0 Å². The van der Waals surface area contributed by atoms with E-state index in [-0.39, 0.29) is 0 Å². The van der Waals surface area contributed by atoms with Crippen LogP contribution >= 0.6 is 22.9 Å². The van der Waals surface area contributed by atoms with Gasteiger partial charge in [-0.2, -0.15) is 0 Å². The summed E-state index contributed by atoms with van der Waals surface area (Å²) in [6.45, 7) is 0. The van der Waals surface area contributed by atoms with Gasteiger partial charge in [0.15, 0.2) is 23.1 Å². The summed E-state index contributed by atoms with van der Waals surface area (Å²) in [7, 11) is 0. The predicted molar refractivity (Wildman–Crippen MR) is 161 cm³/mol. The number of thiophene rings is 1. The minimum absolute atomic E-state index is 0.587. The first-order valence-electron chi connectivity index (χ1n) is 12.6. The SMILES string of the molecule is Clc1cccc2c1oc1cc(-c3nc(-c4ccccc4)nc(-c4ccc5c(c4)sc4ccccc45)n3)ccc12. The first kappa shape index (κ1) is 22.4. The van der Waals surface area contributed by atoms with Gasteiger partial charge in [-0.1, -0.05) is 90.5 Å². The molecule has 8 aromatic rings. The molecule has 0 aliphatic rings. The smallest absolute Gasteiger partial charge is 0.164 e. The number of para-hydroxylation sites is 1. The Morgan fingerprint density at radius 1 is 0.513 bits per heavy atom. The van der Waals surface area contributed by atoms with Crippen LogP contribution in [0.5, 0.6) is 0 Å². The summed E-state index contributed by atoms with van der Waals surface area (Å²) in [6, 6.07) is 36.8. The van der Waals surface area contributed by atoms with Gasteiger partial charge in [-0.25, -0.2) is 15.0 Å². The van der Waals surface area contributed by atoms with Crippen molar-refractivity contribution in [3.63, 3.8) is 0 Å². The van der Waals surface area contributed by atoms with Crippen LogP contribution in [0.2, 0.25) is 5.02 Å². The first-order valence-corrected chi connectivity index (χ1v) is 13.7. The average molecular weight is 540 g/mol. The standard InChI is InChI=1S/C33H18ClN3OS/c34-26-11-6-10-25-22-15-13-20(17-27(22)38-30(25)26)32-35-31(19-7-2-1-3-8-19)36-33(37-32)21-14-16-24-23-9-4-5-12-28(23)39-29(24)18-21/h1-18H. The number of fused-ring (bicyclic) bond motifs is 6. The molecule has 0 saturated carbocycles. The first-order chi connectivity index (χ1) is 19.2. The van der Waals surface area contributed by atoms with Gasteiger partial charge in [-0.3, -0.25) is 0 Å². The van der Waals surface area contributed by atoms with Gasteiger partial charge in [0.2, 0.25) is 0 Å². The van der Waals surface area contributed by atoms with Gasteiger partial charge in [0.1, 0.15) is 5.58 Å². The molecular weight excluding hydrogens is 522 g/mol. The summed E-state index contributed by atoms with van der Waals surface area (Å²) >= 11 is 8.19. The molecule has 5 aromatic carbocycles. The van der Waals surface area contributed by atoms with Crippen molar-refractivity contribution in [2.45, 2.75) is 0 Å². The fourth-order valence-corrected chi connectivity index (χ4v) is 6.48. The number of rotatable bonds is 3. The van der Waals surface area contributed by atoms with Gasteiger partial charge in [0, 0.05) is 47.6 Å². The second-order valence-corrected chi connectivity index (χ2v) is 10.9. The molecule has 0 fully saturated rings. The molecule has 0 N–H and O–H groups in total. The Hall–Kier alpha value is -4.58. The molecule has 0 bridgehead atoms. The topological polar surface area (TPSA) is 51.8 Å². The van der Waals surface area contributed by atoms with Crippen LogP contribution in [-0.2, 0) is 0 Å². The van der Waals surface area contributed by atoms with Crippen LogP contribution < -0.4 is 0 Å². The maximum Gasteiger partial charge on any atom is 0.164 e. The van der Waals surface area contributed by atoms with Crippen molar-refractivity contribution in [3.8, 4) is 34.2 Å². The highest BCUT2D eigenvalue weighted by molar-refractivity contribution is 7.25. The summed E-state index contributed by atoms with van der Waals surface area (Å²) in [5, 5.41) is 5.09. The van der Waals surface area contributed by atoms with E-state index in [1.807, 2.05) is 66.7 Å². The van der Waals surface area contributed by atoms with Gasteiger partial charge in [0.25, 0.3) is 0 Å². The third kappa shape index (κ3) is 3.70. The molecule has 39 heavy (non-hydrogen) atoms. The molecule has 0 saturated heterocycles. The number of furan rings is 1. The summed E-state index contributed by atoms with van der Waals surface area (Å²) in [5.74, 6) is 1.84. The molecule has 0 radical (unpaired) electrons. The molecule has 0 unspecified atom stereocenters. The van der Waals surface area contributed by atoms with E-state index in [4.69, 9.17) is 31.0 Å². The molecule has 0 aliphatic heterocycles. The Morgan fingerprint density at radius 3 is 1.97 bits per heavy atom. The van der Waals surface area contributed by atoms with Crippen LogP contribution in [0.4, 0.5) is 0 Å². The molecule has 6 heteroatoms. The third-order valence-electron chi connectivity index (χ3n) is 7.01. The number of hydrogen-bond acceptors (Lipinski definition) is 5. The lowest BCUT2D eigenvalue weighted by molar-refractivity contribution is 0.669. The Balaban J connectivity index is 1.33. The molecule has 0 aliphatic carbocycles. The van der Waals surface area contributed by atoms with Crippen LogP contribution in [0, 0.1) is 0 Å². The minimum atomic E-state index is 0.587. The predicted octanol–water partition coefficient (Wildman–Crippen LogP) is 9.79. The van der Waals surface area contributed by atoms with E-state index in [0.29, 0.717) is 28.1 Å². The molecule has 4 nitrogen and oxygen atoms in total. The monoisotopic (exact) mass is 539 g/mol. The Kier molecular flexibility index (Phi) is 5.02. The zero-order chi connectivity index (χ0) is 25.9. The molecule has 8 rings (SSSR count). The van der Waals surface area contributed by atoms with Gasteiger partial charge in [-0.15, -0.1) is 11.3 Å². The van der Waals surface area contributed by atoms with Crippen LogP contribution in [-0.4, -0.2) is 15.0 Å². The zero-order valence-corrected chi connectivity index (χ0v) is 22.0. The Labute approximate surface area is 232 Å². The van der Waals surface area contributed by atoms with Crippen molar-refractivity contribution < 1.29 is 4.42 Å². The highest BCUT2D eigenvalue weighted by Gasteiger charge is 2.16. The molecular formula is C33H18ClN3OS. The van der Waals surface area contributed by atoms with Crippen molar-refractivity contribution in [1.82, 2.24) is 15.0 Å². The van der Waals surface area contributed by atoms with Crippen LogP contribution in [0.15, 0.2) is 114 Å². The van der Waals surface area contributed by atoms with Gasteiger partial charge in [-0.05, 0) is 30.3 Å². The molecule has 3 heterocycles. The summed E-state index contributed by atoms with van der Waals surface area (Å²) in [6.07, 6.45) is 0. The Morgan fingerprint density at radius 2 is 1.15 bits per heavy atom. The van der Waals surface area contributed by atoms with E-state index in [2.05, 4.69) is 42.5 Å². The fourth-order valence-electron chi connectivity index (χ4n) is 5.12. The molecule has 0 spiro atoms. The fraction of sp³-hybridized carbons (Fsp3) is 0. The highest BCUT2D eigenvalue weighted by atomic mass is 35.5. The van der Waals surface area contributed by atoms with E-state index in [1.54, 1.807) is 11.3 Å². The van der Waals surface area contributed by atoms with Gasteiger partial charge < -0.3 is 4.42 Å². The summed E-state index contributed by atoms with van der Waals surface area (Å²) in [5.41, 5.74) is 4.16. The van der Waals surface area contributed by atoms with Crippen molar-refractivity contribution >= 4 is 65.0 Å². The lowest BCUT2D eigenvalue weighted by atomic mass is 10.1. The molecule has 184 valence electrons. The number of hydrogen-bond donors (Lipinski definition) is 0. The Bertz CT molecular complexity index is 2200. The van der Waals surface area contributed by atoms with Crippen molar-refractivity contribution in [1.29, 1.82) is 0 Å². The normalized spacial score (nSPS) is 11.7. The maximum absolute atomic E-state index is 6.40. The van der Waals surface area contributed by atoms with Crippen LogP contribution in [0.25, 0.3) is 76.3 Å². The highest BCUT2D eigenvalue weighted by Crippen LogP contribution is 2.37. The second-order valence-electron chi connectivity index (χ2n) is 9.41. The van der Waals surface area contributed by atoms with Crippen LogP contribution in [0.3, 0.4) is 0 Å². The van der Waals surface area contributed by atoms with E-state index >= 15 is 0 Å². The second kappa shape index (κ2) is 8.73. The van der Waals surface area contributed by atoms with E-state index < -0.39 is 0 Å². The lowest BCUT2D eigenvalue weighted by Gasteiger charge is -2.08.